The quantitative estimate of drug-likeness (QED) is 0.441. The maximum atomic E-state index is 6.46. The second kappa shape index (κ2) is 4.56. The van der Waals surface area contributed by atoms with Crippen LogP contribution in [0.5, 0.6) is 0 Å². The Labute approximate surface area is 173 Å². The Hall–Kier alpha value is -0.880. The second-order valence-corrected chi connectivity index (χ2v) is 14.3. The zero-order chi connectivity index (χ0) is 19.8. The minimum Gasteiger partial charge on any atom is -0.118 e. The van der Waals surface area contributed by atoms with E-state index in [2.05, 4.69) is 39.5 Å². The topological polar surface area (TPSA) is 0 Å². The Kier molecular flexibility index (Phi) is 2.92. The zero-order valence-electron chi connectivity index (χ0n) is 18.6. The third kappa shape index (κ3) is 1.80. The second-order valence-electron chi connectivity index (χ2n) is 14.3. The van der Waals surface area contributed by atoms with Crippen LogP contribution < -0.4 is 0 Å². The minimum absolute atomic E-state index is 0.175. The summed E-state index contributed by atoms with van der Waals surface area (Å²) in [5.74, 6) is 8.25. The highest BCUT2D eigenvalue weighted by Crippen LogP contribution is 2.85. The first-order chi connectivity index (χ1) is 13.0. The molecule has 0 aromatic heterocycles. The van der Waals surface area contributed by atoms with Crippen molar-refractivity contribution >= 4 is 0 Å². The van der Waals surface area contributed by atoms with Gasteiger partial charge in [0.2, 0.25) is 0 Å². The molecule has 0 heteroatoms. The molecule has 0 radical (unpaired) electrons. The molecule has 0 aromatic carbocycles. The van der Waals surface area contributed by atoms with Crippen LogP contribution in [-0.4, -0.2) is 0 Å². The Morgan fingerprint density at radius 3 is 1.50 bits per heavy atom. The lowest BCUT2D eigenvalue weighted by atomic mass is 9.23. The first kappa shape index (κ1) is 17.9. The minimum atomic E-state index is -0.301. The van der Waals surface area contributed by atoms with Crippen molar-refractivity contribution < 1.29 is 0 Å². The lowest BCUT2D eigenvalue weighted by molar-refractivity contribution is -0.295. The SMILES string of the molecule is C#CC1(C#C)C2CC3(C)CC(C)(C2)CC1(C12CC4CC(C)(CC(C)(C4)C1)C2)C3. The molecule has 0 nitrogen and oxygen atoms in total. The van der Waals surface area contributed by atoms with Crippen LogP contribution in [0.1, 0.15) is 98.3 Å². The molecule has 28 heavy (non-hydrogen) atoms. The molecule has 8 aliphatic carbocycles. The van der Waals surface area contributed by atoms with Gasteiger partial charge in [-0.05, 0) is 110 Å². The molecule has 0 heterocycles. The van der Waals surface area contributed by atoms with Crippen molar-refractivity contribution in [2.75, 3.05) is 0 Å². The maximum Gasteiger partial charge on any atom is 0.100 e. The van der Waals surface area contributed by atoms with Crippen LogP contribution in [0.4, 0.5) is 0 Å². The largest absolute Gasteiger partial charge is 0.118 e. The van der Waals surface area contributed by atoms with E-state index < -0.39 is 0 Å². The summed E-state index contributed by atoms with van der Waals surface area (Å²) in [7, 11) is 0. The molecule has 8 rings (SSSR count). The van der Waals surface area contributed by atoms with Gasteiger partial charge >= 0.3 is 0 Å². The van der Waals surface area contributed by atoms with Gasteiger partial charge in [0.1, 0.15) is 5.41 Å². The summed E-state index contributed by atoms with van der Waals surface area (Å²) < 4.78 is 0. The molecule has 150 valence electrons. The van der Waals surface area contributed by atoms with Gasteiger partial charge in [-0.2, -0.15) is 0 Å². The van der Waals surface area contributed by atoms with E-state index >= 15 is 0 Å². The van der Waals surface area contributed by atoms with E-state index in [1.165, 1.54) is 70.6 Å². The van der Waals surface area contributed by atoms with Crippen LogP contribution in [0.25, 0.3) is 0 Å². The maximum absolute atomic E-state index is 6.46. The van der Waals surface area contributed by atoms with Crippen LogP contribution in [-0.2, 0) is 0 Å². The standard InChI is InChI=1S/C28H38/c1-7-27(8-2)21-12-24(5)15-25(6,13-21)19-28(27,18-24)26-11-20-9-22(3,16-26)14-23(4,10-20)17-26/h1-2,20-21H,9-19H2,3-6H3. The van der Waals surface area contributed by atoms with Crippen LogP contribution in [0, 0.1) is 74.4 Å². The van der Waals surface area contributed by atoms with Crippen LogP contribution in [0.3, 0.4) is 0 Å². The fraction of sp³-hybridized carbons (Fsp3) is 0.857. The molecule has 0 N–H and O–H groups in total. The van der Waals surface area contributed by atoms with Crippen LogP contribution in [0.2, 0.25) is 0 Å². The van der Waals surface area contributed by atoms with E-state index in [0.29, 0.717) is 33.0 Å². The van der Waals surface area contributed by atoms with Gasteiger partial charge in [-0.1, -0.05) is 39.5 Å². The van der Waals surface area contributed by atoms with E-state index in [-0.39, 0.29) is 10.8 Å². The van der Waals surface area contributed by atoms with Crippen molar-refractivity contribution in [1.29, 1.82) is 0 Å². The van der Waals surface area contributed by atoms with Gasteiger partial charge in [0.15, 0.2) is 0 Å². The van der Waals surface area contributed by atoms with E-state index in [9.17, 15) is 0 Å². The summed E-state index contributed by atoms with van der Waals surface area (Å²) in [6, 6.07) is 0. The molecule has 0 spiro atoms. The molecule has 8 fully saturated rings. The van der Waals surface area contributed by atoms with Crippen molar-refractivity contribution in [2.45, 2.75) is 98.3 Å². The Balaban J connectivity index is 1.61. The molecule has 8 bridgehead atoms. The monoisotopic (exact) mass is 374 g/mol. The van der Waals surface area contributed by atoms with Gasteiger partial charge in [-0.25, -0.2) is 0 Å². The molecule has 0 aliphatic heterocycles. The fourth-order valence-electron chi connectivity index (χ4n) is 12.5. The van der Waals surface area contributed by atoms with Crippen molar-refractivity contribution in [1.82, 2.24) is 0 Å². The van der Waals surface area contributed by atoms with E-state index in [4.69, 9.17) is 12.8 Å². The summed E-state index contributed by atoms with van der Waals surface area (Å²) in [5, 5.41) is 0. The van der Waals surface area contributed by atoms with Crippen molar-refractivity contribution in [3.8, 4) is 24.7 Å². The highest BCUT2D eigenvalue weighted by atomic mass is 14.8. The summed E-state index contributed by atoms with van der Waals surface area (Å²) >= 11 is 0. The third-order valence-corrected chi connectivity index (χ3v) is 11.3. The Bertz CT molecular complexity index is 794. The first-order valence-electron chi connectivity index (χ1n) is 11.9. The van der Waals surface area contributed by atoms with E-state index in [1.54, 1.807) is 0 Å². The van der Waals surface area contributed by atoms with Gasteiger partial charge in [-0.15, -0.1) is 12.8 Å². The highest BCUT2D eigenvalue weighted by Gasteiger charge is 2.78. The van der Waals surface area contributed by atoms with Crippen molar-refractivity contribution in [2.24, 2.45) is 49.7 Å². The van der Waals surface area contributed by atoms with Gasteiger partial charge in [0.25, 0.3) is 0 Å². The Morgan fingerprint density at radius 2 is 1.07 bits per heavy atom. The van der Waals surface area contributed by atoms with Crippen molar-refractivity contribution in [3.63, 3.8) is 0 Å². The molecule has 8 aliphatic rings. The number of hydrogen-bond acceptors (Lipinski definition) is 0. The lowest BCUT2D eigenvalue weighted by Crippen LogP contribution is -2.73. The first-order valence-corrected chi connectivity index (χ1v) is 11.9. The summed E-state index contributed by atoms with van der Waals surface area (Å²) in [6.45, 7) is 10.4. The van der Waals surface area contributed by atoms with E-state index in [1.807, 2.05) is 0 Å². The normalized spacial score (nSPS) is 62.5. The Morgan fingerprint density at radius 1 is 0.607 bits per heavy atom. The number of rotatable bonds is 1. The summed E-state index contributed by atoms with van der Waals surface area (Å²) in [5.41, 5.74) is 2.22. The van der Waals surface area contributed by atoms with Gasteiger partial charge in [0.05, 0.1) is 0 Å². The molecule has 4 unspecified atom stereocenters. The average molecular weight is 375 g/mol. The average Bonchev–Trinajstić information content (AvgIpc) is 2.49. The molecule has 8 saturated carbocycles. The zero-order valence-corrected chi connectivity index (χ0v) is 18.6. The third-order valence-electron chi connectivity index (χ3n) is 11.3. The van der Waals surface area contributed by atoms with Crippen molar-refractivity contribution in [3.05, 3.63) is 0 Å². The predicted molar refractivity (Wildman–Crippen MR) is 115 cm³/mol. The molecular weight excluding hydrogens is 336 g/mol. The van der Waals surface area contributed by atoms with Gasteiger partial charge in [0, 0.05) is 5.41 Å². The van der Waals surface area contributed by atoms with Crippen LogP contribution >= 0.6 is 0 Å². The summed E-state index contributed by atoms with van der Waals surface area (Å²) in [6.07, 6.45) is 28.0. The summed E-state index contributed by atoms with van der Waals surface area (Å²) in [4.78, 5) is 0. The molecule has 0 saturated heterocycles. The van der Waals surface area contributed by atoms with E-state index in [0.717, 1.165) is 5.92 Å². The van der Waals surface area contributed by atoms with Gasteiger partial charge in [-0.3, -0.25) is 0 Å². The predicted octanol–water partition coefficient (Wildman–Crippen LogP) is 6.84. The fourth-order valence-corrected chi connectivity index (χ4v) is 12.5. The number of hydrogen-bond donors (Lipinski definition) is 0. The molecule has 0 aromatic rings. The number of terminal acetylenes is 2. The smallest absolute Gasteiger partial charge is 0.100 e. The molecule has 0 amide bonds. The van der Waals surface area contributed by atoms with Gasteiger partial charge < -0.3 is 0 Å². The molecule has 4 atom stereocenters. The lowest BCUT2D eigenvalue weighted by Gasteiger charge is -2.79. The highest BCUT2D eigenvalue weighted by molar-refractivity contribution is 5.39. The van der Waals surface area contributed by atoms with Crippen LogP contribution in [0.15, 0.2) is 0 Å². The molecular formula is C28H38.